The number of hydrogen-bond acceptors (Lipinski definition) is 2. The van der Waals surface area contributed by atoms with E-state index >= 15 is 0 Å². The molecule has 3 unspecified atom stereocenters. The van der Waals surface area contributed by atoms with Crippen molar-refractivity contribution in [2.75, 3.05) is 26.2 Å². The van der Waals surface area contributed by atoms with Gasteiger partial charge in [0.2, 0.25) is 5.91 Å². The summed E-state index contributed by atoms with van der Waals surface area (Å²) in [6, 6.07) is 0. The van der Waals surface area contributed by atoms with E-state index in [1.54, 1.807) is 0 Å². The van der Waals surface area contributed by atoms with Crippen LogP contribution in [0, 0.1) is 17.3 Å². The van der Waals surface area contributed by atoms with Gasteiger partial charge in [0.1, 0.15) is 0 Å². The number of carbonyl (C=O) groups excluding carboxylic acids is 1. The van der Waals surface area contributed by atoms with E-state index in [1.807, 2.05) is 0 Å². The van der Waals surface area contributed by atoms with Crippen LogP contribution in [-0.2, 0) is 4.79 Å². The summed E-state index contributed by atoms with van der Waals surface area (Å²) in [6.45, 7) is 10.3. The van der Waals surface area contributed by atoms with Crippen molar-refractivity contribution >= 4 is 18.3 Å². The number of nitrogens with zero attached hydrogens (tertiary/aromatic N) is 1. The monoisotopic (exact) mass is 246 g/mol. The minimum atomic E-state index is -0.135. The highest BCUT2D eigenvalue weighted by Crippen LogP contribution is 2.31. The highest BCUT2D eigenvalue weighted by molar-refractivity contribution is 5.85. The first-order valence-electron chi connectivity index (χ1n) is 6.03. The second kappa shape index (κ2) is 4.92. The minimum absolute atomic E-state index is 0. The van der Waals surface area contributed by atoms with E-state index < -0.39 is 0 Å². The molecule has 0 aromatic rings. The Morgan fingerprint density at radius 1 is 1.31 bits per heavy atom. The summed E-state index contributed by atoms with van der Waals surface area (Å²) < 4.78 is 0. The van der Waals surface area contributed by atoms with E-state index in [4.69, 9.17) is 0 Å². The number of rotatable bonds is 1. The molecule has 2 rings (SSSR count). The van der Waals surface area contributed by atoms with Gasteiger partial charge in [0.25, 0.3) is 0 Å². The van der Waals surface area contributed by atoms with E-state index in [0.717, 1.165) is 32.6 Å². The third kappa shape index (κ3) is 2.35. The zero-order chi connectivity index (χ0) is 11.1. The van der Waals surface area contributed by atoms with E-state index in [0.29, 0.717) is 17.7 Å². The van der Waals surface area contributed by atoms with Gasteiger partial charge in [-0.1, -0.05) is 13.8 Å². The number of carbonyl (C=O) groups is 1. The molecular weight excluding hydrogens is 224 g/mol. The zero-order valence-electron chi connectivity index (χ0n) is 10.5. The lowest BCUT2D eigenvalue weighted by Gasteiger charge is -2.28. The van der Waals surface area contributed by atoms with Crippen LogP contribution in [0.5, 0.6) is 0 Å². The fourth-order valence-corrected chi connectivity index (χ4v) is 2.68. The molecule has 0 saturated carbocycles. The van der Waals surface area contributed by atoms with Crippen molar-refractivity contribution in [3.63, 3.8) is 0 Å². The topological polar surface area (TPSA) is 32.3 Å². The number of hydrogen-bond donors (Lipinski definition) is 1. The van der Waals surface area contributed by atoms with E-state index in [1.165, 1.54) is 0 Å². The molecule has 2 fully saturated rings. The molecule has 3 atom stereocenters. The van der Waals surface area contributed by atoms with Crippen molar-refractivity contribution in [3.05, 3.63) is 0 Å². The fraction of sp³-hybridized carbons (Fsp3) is 0.917. The Morgan fingerprint density at radius 3 is 2.31 bits per heavy atom. The van der Waals surface area contributed by atoms with Crippen molar-refractivity contribution in [1.82, 2.24) is 10.2 Å². The third-order valence-electron chi connectivity index (χ3n) is 4.16. The number of amides is 1. The van der Waals surface area contributed by atoms with Crippen LogP contribution in [0.25, 0.3) is 0 Å². The molecule has 0 bridgehead atoms. The zero-order valence-corrected chi connectivity index (χ0v) is 11.3. The Morgan fingerprint density at radius 2 is 1.88 bits per heavy atom. The summed E-state index contributed by atoms with van der Waals surface area (Å²) >= 11 is 0. The van der Waals surface area contributed by atoms with Gasteiger partial charge < -0.3 is 10.2 Å². The van der Waals surface area contributed by atoms with Crippen LogP contribution in [-0.4, -0.2) is 37.0 Å². The van der Waals surface area contributed by atoms with Gasteiger partial charge in [0.15, 0.2) is 0 Å². The molecule has 2 saturated heterocycles. The predicted molar refractivity (Wildman–Crippen MR) is 67.7 cm³/mol. The summed E-state index contributed by atoms with van der Waals surface area (Å²) in [5.41, 5.74) is -0.135. The van der Waals surface area contributed by atoms with Gasteiger partial charge in [-0.15, -0.1) is 12.4 Å². The molecule has 1 N–H and O–H groups in total. The SMILES string of the molecule is CC1CN(C(=O)C2(C)CCNC2)CC1C.Cl. The van der Waals surface area contributed by atoms with Crippen molar-refractivity contribution in [3.8, 4) is 0 Å². The van der Waals surface area contributed by atoms with Crippen LogP contribution in [0.3, 0.4) is 0 Å². The molecule has 0 spiro atoms. The Labute approximate surface area is 104 Å². The second-order valence-electron chi connectivity index (χ2n) is 5.65. The summed E-state index contributed by atoms with van der Waals surface area (Å²) in [5, 5.41) is 3.29. The first-order chi connectivity index (χ1) is 7.03. The normalized spacial score (nSPS) is 38.6. The first kappa shape index (κ1) is 13.8. The van der Waals surface area contributed by atoms with Crippen molar-refractivity contribution < 1.29 is 4.79 Å². The summed E-state index contributed by atoms with van der Waals surface area (Å²) in [4.78, 5) is 14.4. The molecule has 16 heavy (non-hydrogen) atoms. The first-order valence-corrected chi connectivity index (χ1v) is 6.03. The molecule has 0 aliphatic carbocycles. The van der Waals surface area contributed by atoms with Crippen molar-refractivity contribution in [2.45, 2.75) is 27.2 Å². The van der Waals surface area contributed by atoms with E-state index in [-0.39, 0.29) is 17.8 Å². The lowest BCUT2D eigenvalue weighted by molar-refractivity contribution is -0.139. The van der Waals surface area contributed by atoms with Crippen molar-refractivity contribution in [2.24, 2.45) is 17.3 Å². The highest BCUT2D eigenvalue weighted by Gasteiger charge is 2.41. The lowest BCUT2D eigenvalue weighted by Crippen LogP contribution is -2.42. The number of halogens is 1. The molecule has 0 aromatic heterocycles. The van der Waals surface area contributed by atoms with Crippen LogP contribution in [0.1, 0.15) is 27.2 Å². The van der Waals surface area contributed by atoms with Gasteiger partial charge in [0.05, 0.1) is 5.41 Å². The maximum absolute atomic E-state index is 12.3. The van der Waals surface area contributed by atoms with Gasteiger partial charge in [0, 0.05) is 19.6 Å². The molecule has 94 valence electrons. The van der Waals surface area contributed by atoms with Gasteiger partial charge in [-0.2, -0.15) is 0 Å². The molecule has 2 aliphatic heterocycles. The Hall–Kier alpha value is -0.280. The molecule has 0 aromatic carbocycles. The molecule has 1 amide bonds. The fourth-order valence-electron chi connectivity index (χ4n) is 2.68. The minimum Gasteiger partial charge on any atom is -0.342 e. The van der Waals surface area contributed by atoms with E-state index in [2.05, 4.69) is 31.0 Å². The van der Waals surface area contributed by atoms with Gasteiger partial charge in [-0.25, -0.2) is 0 Å². The van der Waals surface area contributed by atoms with Crippen LogP contribution < -0.4 is 5.32 Å². The molecule has 2 heterocycles. The average molecular weight is 247 g/mol. The van der Waals surface area contributed by atoms with Gasteiger partial charge in [-0.05, 0) is 31.7 Å². The van der Waals surface area contributed by atoms with Crippen LogP contribution in [0.4, 0.5) is 0 Å². The largest absolute Gasteiger partial charge is 0.342 e. The van der Waals surface area contributed by atoms with Crippen LogP contribution >= 0.6 is 12.4 Å². The standard InChI is InChI=1S/C12H22N2O.ClH/c1-9-6-14(7-10(9)2)11(15)12(3)4-5-13-8-12;/h9-10,13H,4-8H2,1-3H3;1H. The average Bonchev–Trinajstić information content (AvgIpc) is 2.75. The second-order valence-corrected chi connectivity index (χ2v) is 5.65. The quantitative estimate of drug-likeness (QED) is 0.761. The van der Waals surface area contributed by atoms with Crippen LogP contribution in [0.15, 0.2) is 0 Å². The summed E-state index contributed by atoms with van der Waals surface area (Å²) in [7, 11) is 0. The molecular formula is C12H23ClN2O. The van der Waals surface area contributed by atoms with Gasteiger partial charge >= 0.3 is 0 Å². The van der Waals surface area contributed by atoms with Gasteiger partial charge in [-0.3, -0.25) is 4.79 Å². The number of nitrogens with one attached hydrogen (secondary N) is 1. The van der Waals surface area contributed by atoms with Crippen molar-refractivity contribution in [1.29, 1.82) is 0 Å². The highest BCUT2D eigenvalue weighted by atomic mass is 35.5. The van der Waals surface area contributed by atoms with E-state index in [9.17, 15) is 4.79 Å². The predicted octanol–water partition coefficient (Wildman–Crippen LogP) is 1.52. The summed E-state index contributed by atoms with van der Waals surface area (Å²) in [5.74, 6) is 1.68. The Balaban J connectivity index is 0.00000128. The molecule has 3 nitrogen and oxygen atoms in total. The summed E-state index contributed by atoms with van der Waals surface area (Å²) in [6.07, 6.45) is 0.991. The van der Waals surface area contributed by atoms with Crippen LogP contribution in [0.2, 0.25) is 0 Å². The maximum atomic E-state index is 12.3. The Kier molecular flexibility index (Phi) is 4.24. The molecule has 0 radical (unpaired) electrons. The maximum Gasteiger partial charge on any atom is 0.229 e. The lowest BCUT2D eigenvalue weighted by atomic mass is 9.88. The molecule has 4 heteroatoms. The smallest absolute Gasteiger partial charge is 0.229 e. The third-order valence-corrected chi connectivity index (χ3v) is 4.16. The Bertz CT molecular complexity index is 254. The molecule has 2 aliphatic rings. The number of likely N-dealkylation sites (tertiary alicyclic amines) is 1.